The second-order valence-corrected chi connectivity index (χ2v) is 4.72. The fourth-order valence-electron chi connectivity index (χ4n) is 1.96. The molecule has 2 rings (SSSR count). The Balaban J connectivity index is 2.34. The largest absolute Gasteiger partial charge is 0.481 e. The van der Waals surface area contributed by atoms with E-state index in [2.05, 4.69) is 24.0 Å². The zero-order valence-electron chi connectivity index (χ0n) is 10.0. The van der Waals surface area contributed by atoms with Crippen LogP contribution in [0.2, 0.25) is 0 Å². The maximum absolute atomic E-state index is 10.6. The molecule has 0 unspecified atom stereocenters. The summed E-state index contributed by atoms with van der Waals surface area (Å²) >= 11 is 0. The second-order valence-electron chi connectivity index (χ2n) is 4.72. The fraction of sp³-hybridized carbons (Fsp3) is 0.385. The quantitative estimate of drug-likeness (QED) is 0.850. The smallest absolute Gasteiger partial charge is 0.307 e. The molecule has 0 aliphatic rings. The Morgan fingerprint density at radius 2 is 2.24 bits per heavy atom. The van der Waals surface area contributed by atoms with Crippen LogP contribution in [0.25, 0.3) is 10.9 Å². The van der Waals surface area contributed by atoms with Crippen molar-refractivity contribution in [2.45, 2.75) is 26.7 Å². The van der Waals surface area contributed by atoms with Crippen LogP contribution in [0.1, 0.15) is 25.1 Å². The van der Waals surface area contributed by atoms with Gasteiger partial charge in [-0.05, 0) is 24.0 Å². The summed E-state index contributed by atoms with van der Waals surface area (Å²) in [6, 6.07) is 5.65. The molecule has 0 saturated heterocycles. The van der Waals surface area contributed by atoms with Crippen LogP contribution >= 0.6 is 0 Å². The van der Waals surface area contributed by atoms with Gasteiger partial charge in [0.1, 0.15) is 0 Å². The number of aromatic nitrogens is 2. The molecule has 0 fully saturated rings. The Bertz CT molecular complexity index is 543. The van der Waals surface area contributed by atoms with Gasteiger partial charge in [-0.3, -0.25) is 9.89 Å². The minimum absolute atomic E-state index is 0.0440. The maximum Gasteiger partial charge on any atom is 0.307 e. The van der Waals surface area contributed by atoms with E-state index in [1.807, 2.05) is 18.2 Å². The zero-order chi connectivity index (χ0) is 12.4. The highest BCUT2D eigenvalue weighted by molar-refractivity contribution is 5.83. The predicted molar refractivity (Wildman–Crippen MR) is 66.0 cm³/mol. The van der Waals surface area contributed by atoms with E-state index in [0.29, 0.717) is 5.92 Å². The summed E-state index contributed by atoms with van der Waals surface area (Å²) < 4.78 is 0. The molecule has 1 heterocycles. The van der Waals surface area contributed by atoms with Crippen molar-refractivity contribution in [2.75, 3.05) is 0 Å². The van der Waals surface area contributed by atoms with Crippen molar-refractivity contribution in [1.29, 1.82) is 0 Å². The number of carboxylic acids is 1. The Morgan fingerprint density at radius 3 is 2.88 bits per heavy atom. The van der Waals surface area contributed by atoms with E-state index in [1.165, 1.54) is 0 Å². The molecule has 0 radical (unpaired) electrons. The Morgan fingerprint density at radius 1 is 1.47 bits per heavy atom. The van der Waals surface area contributed by atoms with Gasteiger partial charge in [0.05, 0.1) is 11.9 Å². The second kappa shape index (κ2) is 4.57. The Kier molecular flexibility index (Phi) is 3.13. The van der Waals surface area contributed by atoms with Crippen molar-refractivity contribution in [2.24, 2.45) is 5.92 Å². The standard InChI is InChI=1S/C13H16N2O2/c1-8(2)5-11-10-4-3-9(7-13(16)17)6-12(10)15-14-11/h3-4,6,8H,5,7H2,1-2H3,(H,14,15)(H,16,17). The molecule has 0 aliphatic heterocycles. The van der Waals surface area contributed by atoms with Gasteiger partial charge in [-0.25, -0.2) is 0 Å². The number of nitrogens with zero attached hydrogens (tertiary/aromatic N) is 1. The molecule has 0 aliphatic carbocycles. The van der Waals surface area contributed by atoms with Gasteiger partial charge in [-0.15, -0.1) is 0 Å². The summed E-state index contributed by atoms with van der Waals surface area (Å²) in [6.07, 6.45) is 0.997. The number of nitrogens with one attached hydrogen (secondary N) is 1. The first-order valence-electron chi connectivity index (χ1n) is 5.74. The van der Waals surface area contributed by atoms with E-state index in [4.69, 9.17) is 5.11 Å². The number of fused-ring (bicyclic) bond motifs is 1. The third kappa shape index (κ3) is 2.64. The van der Waals surface area contributed by atoms with Crippen LogP contribution in [-0.2, 0) is 17.6 Å². The van der Waals surface area contributed by atoms with Crippen LogP contribution in [0.4, 0.5) is 0 Å². The molecule has 0 bridgehead atoms. The normalized spacial score (nSPS) is 11.2. The van der Waals surface area contributed by atoms with Crippen LogP contribution < -0.4 is 0 Å². The van der Waals surface area contributed by atoms with Gasteiger partial charge < -0.3 is 5.11 Å². The minimum Gasteiger partial charge on any atom is -0.481 e. The van der Waals surface area contributed by atoms with E-state index in [-0.39, 0.29) is 6.42 Å². The number of carbonyl (C=O) groups is 1. The number of benzene rings is 1. The van der Waals surface area contributed by atoms with Gasteiger partial charge in [0.2, 0.25) is 0 Å². The highest BCUT2D eigenvalue weighted by Crippen LogP contribution is 2.20. The zero-order valence-corrected chi connectivity index (χ0v) is 10.0. The highest BCUT2D eigenvalue weighted by atomic mass is 16.4. The average molecular weight is 232 g/mol. The Hall–Kier alpha value is -1.84. The number of aliphatic carboxylic acids is 1. The topological polar surface area (TPSA) is 66.0 Å². The summed E-state index contributed by atoms with van der Waals surface area (Å²) in [5.41, 5.74) is 2.75. The van der Waals surface area contributed by atoms with Gasteiger partial charge in [0.25, 0.3) is 0 Å². The maximum atomic E-state index is 10.6. The van der Waals surface area contributed by atoms with Crippen molar-refractivity contribution in [3.8, 4) is 0 Å². The Labute approximate surface area is 99.7 Å². The molecule has 1 aromatic heterocycles. The third-order valence-corrected chi connectivity index (χ3v) is 2.67. The molecule has 17 heavy (non-hydrogen) atoms. The van der Waals surface area contributed by atoms with Crippen LogP contribution in [0, 0.1) is 5.92 Å². The number of hydrogen-bond donors (Lipinski definition) is 2. The highest BCUT2D eigenvalue weighted by Gasteiger charge is 2.08. The summed E-state index contributed by atoms with van der Waals surface area (Å²) in [5, 5.41) is 17.1. The van der Waals surface area contributed by atoms with Crippen LogP contribution in [-0.4, -0.2) is 21.3 Å². The lowest BCUT2D eigenvalue weighted by atomic mass is 10.0. The van der Waals surface area contributed by atoms with Crippen LogP contribution in [0.15, 0.2) is 18.2 Å². The predicted octanol–water partition coefficient (Wildman–Crippen LogP) is 2.39. The number of carboxylic acid groups (broad SMARTS) is 1. The van der Waals surface area contributed by atoms with Gasteiger partial charge in [0.15, 0.2) is 0 Å². The number of hydrogen-bond acceptors (Lipinski definition) is 2. The van der Waals surface area contributed by atoms with E-state index in [0.717, 1.165) is 28.6 Å². The summed E-state index contributed by atoms with van der Waals surface area (Å²) in [4.78, 5) is 10.6. The first kappa shape index (κ1) is 11.6. The van der Waals surface area contributed by atoms with Crippen molar-refractivity contribution >= 4 is 16.9 Å². The summed E-state index contributed by atoms with van der Waals surface area (Å²) in [5.74, 6) is -0.250. The molecule has 4 heteroatoms. The van der Waals surface area contributed by atoms with Crippen molar-refractivity contribution < 1.29 is 9.90 Å². The van der Waals surface area contributed by atoms with E-state index >= 15 is 0 Å². The van der Waals surface area contributed by atoms with E-state index in [1.54, 1.807) is 0 Å². The van der Waals surface area contributed by atoms with Gasteiger partial charge >= 0.3 is 5.97 Å². The number of rotatable bonds is 4. The fourth-order valence-corrected chi connectivity index (χ4v) is 1.96. The van der Waals surface area contributed by atoms with Crippen LogP contribution in [0.5, 0.6) is 0 Å². The lowest BCUT2D eigenvalue weighted by Gasteiger charge is -2.02. The van der Waals surface area contributed by atoms with E-state index in [9.17, 15) is 4.79 Å². The molecule has 2 N–H and O–H groups in total. The van der Waals surface area contributed by atoms with E-state index < -0.39 is 5.97 Å². The molecule has 0 amide bonds. The summed E-state index contributed by atoms with van der Waals surface area (Å²) in [6.45, 7) is 4.32. The van der Waals surface area contributed by atoms with Crippen molar-refractivity contribution in [3.63, 3.8) is 0 Å². The molecule has 0 spiro atoms. The monoisotopic (exact) mass is 232 g/mol. The molecule has 0 atom stereocenters. The first-order chi connectivity index (χ1) is 8.06. The number of H-pyrrole nitrogens is 1. The molecule has 1 aromatic carbocycles. The SMILES string of the molecule is CC(C)Cc1[nH]nc2cc(CC(=O)O)ccc12. The molecular formula is C13H16N2O2. The first-order valence-corrected chi connectivity index (χ1v) is 5.74. The molecule has 90 valence electrons. The lowest BCUT2D eigenvalue weighted by molar-refractivity contribution is -0.136. The van der Waals surface area contributed by atoms with Gasteiger partial charge in [-0.1, -0.05) is 26.0 Å². The average Bonchev–Trinajstić information content (AvgIpc) is 2.59. The molecular weight excluding hydrogens is 216 g/mol. The van der Waals surface area contributed by atoms with Crippen molar-refractivity contribution in [1.82, 2.24) is 10.2 Å². The van der Waals surface area contributed by atoms with Crippen molar-refractivity contribution in [3.05, 3.63) is 29.5 Å². The van der Waals surface area contributed by atoms with Crippen LogP contribution in [0.3, 0.4) is 0 Å². The molecule has 2 aromatic rings. The molecule has 4 nitrogen and oxygen atoms in total. The minimum atomic E-state index is -0.817. The molecule has 0 saturated carbocycles. The summed E-state index contributed by atoms with van der Waals surface area (Å²) in [7, 11) is 0. The van der Waals surface area contributed by atoms with Gasteiger partial charge in [0, 0.05) is 11.1 Å². The number of aromatic amines is 1. The van der Waals surface area contributed by atoms with Gasteiger partial charge in [-0.2, -0.15) is 5.10 Å². The lowest BCUT2D eigenvalue weighted by Crippen LogP contribution is -1.99. The third-order valence-electron chi connectivity index (χ3n) is 2.67.